The van der Waals surface area contributed by atoms with Crippen molar-refractivity contribution >= 4 is 11.9 Å². The number of pyridine rings is 1. The highest BCUT2D eigenvalue weighted by atomic mass is 16.5. The number of aliphatic hydroxyl groups excluding tert-OH is 2. The number of rotatable bonds is 2. The maximum atomic E-state index is 13.1. The van der Waals surface area contributed by atoms with Crippen molar-refractivity contribution in [2.45, 2.75) is 50.7 Å². The molecule has 178 valence electrons. The molecule has 0 unspecified atom stereocenters. The number of nitrogens with zero attached hydrogens (tertiary/aromatic N) is 3. The Balaban J connectivity index is 1.75. The lowest BCUT2D eigenvalue weighted by atomic mass is 9.74. The zero-order valence-electron chi connectivity index (χ0n) is 19.0. The Morgan fingerprint density at radius 3 is 2.62 bits per heavy atom. The SMILES string of the molecule is COc1cc(C(=O)N2CCCCC3(CCN(C)CC3)C(=O)OC[C@@H](O)[C@@H](O)CC2)ccn1. The lowest BCUT2D eigenvalue weighted by Gasteiger charge is -2.39. The average molecular weight is 450 g/mol. The number of piperidine rings is 1. The molecule has 3 rings (SSSR count). The lowest BCUT2D eigenvalue weighted by Crippen LogP contribution is -2.45. The predicted molar refractivity (Wildman–Crippen MR) is 117 cm³/mol. The van der Waals surface area contributed by atoms with Gasteiger partial charge in [-0.1, -0.05) is 6.42 Å². The summed E-state index contributed by atoms with van der Waals surface area (Å²) in [7, 11) is 3.53. The van der Waals surface area contributed by atoms with Crippen LogP contribution in [0, 0.1) is 5.41 Å². The molecular formula is C23H35N3O6. The highest BCUT2D eigenvalue weighted by Crippen LogP contribution is 2.38. The van der Waals surface area contributed by atoms with Crippen molar-refractivity contribution in [2.75, 3.05) is 46.9 Å². The number of aromatic nitrogens is 1. The van der Waals surface area contributed by atoms with Crippen LogP contribution >= 0.6 is 0 Å². The van der Waals surface area contributed by atoms with Gasteiger partial charge in [0.2, 0.25) is 5.88 Å². The van der Waals surface area contributed by atoms with Crippen LogP contribution in [0.2, 0.25) is 0 Å². The molecule has 2 aliphatic rings. The second-order valence-corrected chi connectivity index (χ2v) is 8.94. The van der Waals surface area contributed by atoms with Gasteiger partial charge in [0, 0.05) is 30.9 Å². The summed E-state index contributed by atoms with van der Waals surface area (Å²) in [6.45, 7) is 2.17. The molecule has 2 atom stereocenters. The van der Waals surface area contributed by atoms with E-state index >= 15 is 0 Å². The molecule has 1 aromatic rings. The molecule has 0 radical (unpaired) electrons. The van der Waals surface area contributed by atoms with Gasteiger partial charge >= 0.3 is 5.97 Å². The summed E-state index contributed by atoms with van der Waals surface area (Å²) in [6, 6.07) is 3.23. The van der Waals surface area contributed by atoms with Gasteiger partial charge in [0.25, 0.3) is 5.91 Å². The number of methoxy groups -OCH3 is 1. The number of cyclic esters (lactones) is 1. The minimum atomic E-state index is -1.19. The number of hydrogen-bond acceptors (Lipinski definition) is 8. The summed E-state index contributed by atoms with van der Waals surface area (Å²) in [5.74, 6) is -0.103. The summed E-state index contributed by atoms with van der Waals surface area (Å²) in [4.78, 5) is 34.0. The fourth-order valence-corrected chi connectivity index (χ4v) is 4.43. The maximum Gasteiger partial charge on any atom is 0.312 e. The van der Waals surface area contributed by atoms with Gasteiger partial charge < -0.3 is 29.5 Å². The van der Waals surface area contributed by atoms with Crippen molar-refractivity contribution in [3.8, 4) is 5.88 Å². The van der Waals surface area contributed by atoms with E-state index in [-0.39, 0.29) is 31.4 Å². The van der Waals surface area contributed by atoms with Gasteiger partial charge in [0.15, 0.2) is 0 Å². The van der Waals surface area contributed by atoms with E-state index in [1.54, 1.807) is 17.0 Å². The van der Waals surface area contributed by atoms with E-state index in [0.29, 0.717) is 37.3 Å². The van der Waals surface area contributed by atoms with Crippen LogP contribution in [0.25, 0.3) is 0 Å². The molecule has 9 nitrogen and oxygen atoms in total. The van der Waals surface area contributed by atoms with Gasteiger partial charge in [-0.25, -0.2) is 4.98 Å². The summed E-state index contributed by atoms with van der Waals surface area (Å²) in [6.07, 6.45) is 3.04. The van der Waals surface area contributed by atoms with E-state index in [0.717, 1.165) is 25.9 Å². The zero-order valence-corrected chi connectivity index (χ0v) is 19.0. The van der Waals surface area contributed by atoms with Crippen LogP contribution in [0.4, 0.5) is 0 Å². The van der Waals surface area contributed by atoms with Crippen molar-refractivity contribution in [1.82, 2.24) is 14.8 Å². The standard InChI is InChI=1S/C23H35N3O6/c1-25-13-8-23(9-14-25)7-3-4-11-26(12-6-18(27)19(28)16-32-22(23)30)21(29)17-5-10-24-20(15-17)31-2/h5,10,15,18-19,27-28H,3-4,6-9,11-14,16H2,1-2H3/t18-,19+/m0/s1. The topological polar surface area (TPSA) is 112 Å². The van der Waals surface area contributed by atoms with Gasteiger partial charge in [-0.05, 0) is 58.3 Å². The highest BCUT2D eigenvalue weighted by Gasteiger charge is 2.42. The van der Waals surface area contributed by atoms with E-state index in [9.17, 15) is 19.8 Å². The predicted octanol–water partition coefficient (Wildman–Crippen LogP) is 1.08. The van der Waals surface area contributed by atoms with Crippen LogP contribution in [0.3, 0.4) is 0 Å². The van der Waals surface area contributed by atoms with E-state index in [1.807, 2.05) is 7.05 Å². The Morgan fingerprint density at radius 2 is 1.91 bits per heavy atom. The van der Waals surface area contributed by atoms with E-state index in [1.165, 1.54) is 13.3 Å². The van der Waals surface area contributed by atoms with E-state index < -0.39 is 17.6 Å². The van der Waals surface area contributed by atoms with Crippen LogP contribution in [0.5, 0.6) is 5.88 Å². The van der Waals surface area contributed by atoms with Gasteiger partial charge in [0.1, 0.15) is 12.7 Å². The third kappa shape index (κ3) is 5.96. The largest absolute Gasteiger partial charge is 0.481 e. The van der Waals surface area contributed by atoms with Gasteiger partial charge in [-0.3, -0.25) is 9.59 Å². The first-order chi connectivity index (χ1) is 15.3. The number of amides is 1. The molecular weight excluding hydrogens is 414 g/mol. The third-order valence-corrected chi connectivity index (χ3v) is 6.71. The van der Waals surface area contributed by atoms with Crippen LogP contribution in [0.15, 0.2) is 18.3 Å². The van der Waals surface area contributed by atoms with Crippen LogP contribution in [-0.4, -0.2) is 96.0 Å². The van der Waals surface area contributed by atoms with Crippen molar-refractivity contribution in [1.29, 1.82) is 0 Å². The molecule has 0 saturated carbocycles. The molecule has 0 aliphatic carbocycles. The smallest absolute Gasteiger partial charge is 0.312 e. The number of ether oxygens (including phenoxy) is 2. The van der Waals surface area contributed by atoms with Crippen LogP contribution in [0.1, 0.15) is 48.9 Å². The fraction of sp³-hybridized carbons (Fsp3) is 0.696. The quantitative estimate of drug-likeness (QED) is 0.645. The monoisotopic (exact) mass is 449 g/mol. The minimum absolute atomic E-state index is 0.177. The molecule has 2 fully saturated rings. The van der Waals surface area contributed by atoms with Crippen molar-refractivity contribution in [3.63, 3.8) is 0 Å². The molecule has 2 aliphatic heterocycles. The number of hydrogen-bond donors (Lipinski definition) is 2. The molecule has 3 heterocycles. The summed E-state index contributed by atoms with van der Waals surface area (Å²) in [5, 5.41) is 20.7. The Hall–Kier alpha value is -2.23. The fourth-order valence-electron chi connectivity index (χ4n) is 4.43. The first kappa shape index (κ1) is 24.4. The van der Waals surface area contributed by atoms with Gasteiger partial charge in [0.05, 0.1) is 18.6 Å². The normalized spacial score (nSPS) is 25.9. The number of likely N-dealkylation sites (tertiary alicyclic amines) is 1. The number of carbonyl (C=O) groups is 2. The molecule has 9 heteroatoms. The Kier molecular flexibility index (Phi) is 8.44. The summed E-state index contributed by atoms with van der Waals surface area (Å²) < 4.78 is 10.6. The molecule has 32 heavy (non-hydrogen) atoms. The number of carbonyl (C=O) groups excluding carboxylic acids is 2. The van der Waals surface area contributed by atoms with Crippen molar-refractivity contribution < 1.29 is 29.3 Å². The van der Waals surface area contributed by atoms with Gasteiger partial charge in [-0.15, -0.1) is 0 Å². The van der Waals surface area contributed by atoms with Crippen LogP contribution in [-0.2, 0) is 9.53 Å². The van der Waals surface area contributed by atoms with Crippen molar-refractivity contribution in [3.05, 3.63) is 23.9 Å². The van der Waals surface area contributed by atoms with E-state index in [2.05, 4.69) is 9.88 Å². The Labute approximate surface area is 189 Å². The van der Waals surface area contributed by atoms with E-state index in [4.69, 9.17) is 9.47 Å². The Bertz CT molecular complexity index is 781. The third-order valence-electron chi connectivity index (χ3n) is 6.71. The van der Waals surface area contributed by atoms with Crippen LogP contribution < -0.4 is 4.74 Å². The maximum absolute atomic E-state index is 13.1. The molecule has 1 spiro atoms. The summed E-state index contributed by atoms with van der Waals surface area (Å²) >= 11 is 0. The summed E-state index contributed by atoms with van der Waals surface area (Å²) in [5.41, 5.74) is -0.111. The van der Waals surface area contributed by atoms with Gasteiger partial charge in [-0.2, -0.15) is 0 Å². The zero-order chi connectivity index (χ0) is 23.1. The molecule has 1 amide bonds. The second-order valence-electron chi connectivity index (χ2n) is 8.94. The molecule has 2 saturated heterocycles. The Morgan fingerprint density at radius 1 is 1.16 bits per heavy atom. The van der Waals surface area contributed by atoms with Crippen molar-refractivity contribution in [2.24, 2.45) is 5.41 Å². The molecule has 2 N–H and O–H groups in total. The molecule has 0 aromatic carbocycles. The average Bonchev–Trinajstić information content (AvgIpc) is 2.82. The number of aliphatic hydroxyl groups is 2. The second kappa shape index (κ2) is 11.1. The first-order valence-electron chi connectivity index (χ1n) is 11.4. The highest BCUT2D eigenvalue weighted by molar-refractivity contribution is 5.94. The molecule has 0 bridgehead atoms. The number of esters is 1. The first-order valence-corrected chi connectivity index (χ1v) is 11.4. The lowest BCUT2D eigenvalue weighted by molar-refractivity contribution is -0.164. The minimum Gasteiger partial charge on any atom is -0.481 e. The molecule has 1 aromatic heterocycles.